The Morgan fingerprint density at radius 1 is 1.00 bits per heavy atom. The normalized spacial score (nSPS) is 16.7. The van der Waals surface area contributed by atoms with Crippen LogP contribution < -0.4 is 4.90 Å². The first-order valence-electron chi connectivity index (χ1n) is 7.03. The molecule has 3 rings (SSSR count). The molecular weight excluding hydrogens is 292 g/mol. The summed E-state index contributed by atoms with van der Waals surface area (Å²) in [4.78, 5) is 16.0. The second-order valence-corrected chi connectivity index (χ2v) is 5.62. The molecule has 0 N–H and O–H groups in total. The molecule has 1 heterocycles. The molecule has 1 fully saturated rings. The summed E-state index contributed by atoms with van der Waals surface area (Å²) >= 11 is 5.43. The average molecular weight is 308 g/mol. The second kappa shape index (κ2) is 5.73. The van der Waals surface area contributed by atoms with Gasteiger partial charge < -0.3 is 4.90 Å². The molecule has 1 aliphatic heterocycles. The number of hydrogen-bond donors (Lipinski definition) is 0. The fraction of sp³-hybridized carbons (Fsp3) is 0.111. The molecule has 0 aliphatic carbocycles. The molecule has 0 radical (unpaired) electrons. The molecular formula is C18H16N2OS. The zero-order valence-corrected chi connectivity index (χ0v) is 13.3. The van der Waals surface area contributed by atoms with Crippen LogP contribution in [0.3, 0.4) is 0 Å². The van der Waals surface area contributed by atoms with Crippen LogP contribution in [-0.4, -0.2) is 23.0 Å². The average Bonchev–Trinajstić information content (AvgIpc) is 2.74. The first-order chi connectivity index (χ1) is 10.6. The van der Waals surface area contributed by atoms with E-state index >= 15 is 0 Å². The van der Waals surface area contributed by atoms with E-state index in [-0.39, 0.29) is 5.91 Å². The quantitative estimate of drug-likeness (QED) is 0.625. The van der Waals surface area contributed by atoms with Gasteiger partial charge in [-0.2, -0.15) is 0 Å². The Hall–Kier alpha value is -2.46. The van der Waals surface area contributed by atoms with Gasteiger partial charge in [-0.25, -0.2) is 0 Å². The highest BCUT2D eigenvalue weighted by molar-refractivity contribution is 7.80. The largest absolute Gasteiger partial charge is 0.317 e. The fourth-order valence-corrected chi connectivity index (χ4v) is 2.67. The van der Waals surface area contributed by atoms with Crippen LogP contribution in [-0.2, 0) is 4.79 Å². The van der Waals surface area contributed by atoms with Crippen LogP contribution in [0.25, 0.3) is 6.08 Å². The third-order valence-electron chi connectivity index (χ3n) is 3.66. The van der Waals surface area contributed by atoms with Gasteiger partial charge in [-0.3, -0.25) is 9.69 Å². The van der Waals surface area contributed by atoms with Gasteiger partial charge >= 0.3 is 0 Å². The van der Waals surface area contributed by atoms with Gasteiger partial charge in [-0.1, -0.05) is 48.0 Å². The summed E-state index contributed by atoms with van der Waals surface area (Å²) in [5.41, 5.74) is 3.54. The maximum atomic E-state index is 12.7. The number of amides is 1. The van der Waals surface area contributed by atoms with Crippen molar-refractivity contribution in [2.24, 2.45) is 0 Å². The van der Waals surface area contributed by atoms with Gasteiger partial charge in [0.15, 0.2) is 5.11 Å². The van der Waals surface area contributed by atoms with Crippen LogP contribution in [0.4, 0.5) is 5.69 Å². The van der Waals surface area contributed by atoms with Crippen molar-refractivity contribution >= 4 is 35.0 Å². The Morgan fingerprint density at radius 2 is 1.64 bits per heavy atom. The van der Waals surface area contributed by atoms with Gasteiger partial charge in [-0.15, -0.1) is 0 Å². The van der Waals surface area contributed by atoms with Crippen molar-refractivity contribution in [3.63, 3.8) is 0 Å². The summed E-state index contributed by atoms with van der Waals surface area (Å²) in [6.45, 7) is 2.04. The summed E-state index contributed by atoms with van der Waals surface area (Å²) < 4.78 is 0. The molecule has 0 atom stereocenters. The number of carbonyl (C=O) groups is 1. The van der Waals surface area contributed by atoms with E-state index in [1.165, 1.54) is 5.56 Å². The molecule has 0 spiro atoms. The minimum absolute atomic E-state index is 0.0979. The number of anilines is 1. The van der Waals surface area contributed by atoms with Crippen LogP contribution in [0, 0.1) is 6.92 Å². The molecule has 0 saturated carbocycles. The zero-order valence-electron chi connectivity index (χ0n) is 12.5. The molecule has 1 saturated heterocycles. The van der Waals surface area contributed by atoms with E-state index in [1.54, 1.807) is 9.80 Å². The molecule has 2 aromatic rings. The summed E-state index contributed by atoms with van der Waals surface area (Å²) in [6.07, 6.45) is 1.87. The third-order valence-corrected chi connectivity index (χ3v) is 4.11. The van der Waals surface area contributed by atoms with E-state index in [9.17, 15) is 4.79 Å². The Labute approximate surface area is 135 Å². The fourth-order valence-electron chi connectivity index (χ4n) is 2.38. The van der Waals surface area contributed by atoms with Crippen molar-refractivity contribution < 1.29 is 4.79 Å². The van der Waals surface area contributed by atoms with E-state index < -0.39 is 0 Å². The lowest BCUT2D eigenvalue weighted by molar-refractivity contribution is -0.114. The number of para-hydroxylation sites is 1. The van der Waals surface area contributed by atoms with Gasteiger partial charge in [-0.05, 0) is 42.9 Å². The first kappa shape index (κ1) is 14.5. The highest BCUT2D eigenvalue weighted by Crippen LogP contribution is 2.27. The van der Waals surface area contributed by atoms with Crippen LogP contribution in [0.15, 0.2) is 60.3 Å². The number of carbonyl (C=O) groups excluding carboxylic acids is 1. The summed E-state index contributed by atoms with van der Waals surface area (Å²) in [5, 5.41) is 0.495. The summed E-state index contributed by atoms with van der Waals surface area (Å²) in [6, 6.07) is 17.5. The Kier molecular flexibility index (Phi) is 3.77. The zero-order chi connectivity index (χ0) is 15.7. The predicted molar refractivity (Wildman–Crippen MR) is 93.4 cm³/mol. The Bertz CT molecular complexity index is 750. The van der Waals surface area contributed by atoms with Gasteiger partial charge in [0.2, 0.25) is 0 Å². The molecule has 110 valence electrons. The van der Waals surface area contributed by atoms with Gasteiger partial charge in [0.1, 0.15) is 5.70 Å². The van der Waals surface area contributed by atoms with E-state index in [4.69, 9.17) is 12.2 Å². The molecule has 1 amide bonds. The van der Waals surface area contributed by atoms with Gasteiger partial charge in [0.25, 0.3) is 5.91 Å². The number of thiocarbonyl (C=S) groups is 1. The second-order valence-electron chi connectivity index (χ2n) is 5.26. The van der Waals surface area contributed by atoms with E-state index in [2.05, 4.69) is 0 Å². The lowest BCUT2D eigenvalue weighted by atomic mass is 10.1. The molecule has 0 bridgehead atoms. The standard InChI is InChI=1S/C18H16N2OS/c1-13-8-10-14(11-9-13)12-16-17(21)20(18(22)19(16)2)15-6-4-3-5-7-15/h3-12H,1-2H3. The Balaban J connectivity index is 1.99. The van der Waals surface area contributed by atoms with Crippen molar-refractivity contribution in [3.05, 3.63) is 71.4 Å². The topological polar surface area (TPSA) is 23.6 Å². The SMILES string of the molecule is Cc1ccc(C=C2C(=O)N(c3ccccc3)C(=S)N2C)cc1. The van der Waals surface area contributed by atoms with Gasteiger partial charge in [0.05, 0.1) is 5.69 Å². The van der Waals surface area contributed by atoms with Crippen molar-refractivity contribution in [2.75, 3.05) is 11.9 Å². The van der Waals surface area contributed by atoms with Crippen molar-refractivity contribution in [2.45, 2.75) is 6.92 Å². The van der Waals surface area contributed by atoms with E-state index in [0.29, 0.717) is 10.8 Å². The maximum Gasteiger partial charge on any atom is 0.281 e. The van der Waals surface area contributed by atoms with Crippen molar-refractivity contribution in [1.29, 1.82) is 0 Å². The molecule has 22 heavy (non-hydrogen) atoms. The van der Waals surface area contributed by atoms with Crippen molar-refractivity contribution in [3.8, 4) is 0 Å². The lowest BCUT2D eigenvalue weighted by Gasteiger charge is -2.16. The summed E-state index contributed by atoms with van der Waals surface area (Å²) in [5.74, 6) is -0.0979. The van der Waals surface area contributed by atoms with Crippen LogP contribution >= 0.6 is 12.2 Å². The minimum atomic E-state index is -0.0979. The molecule has 3 nitrogen and oxygen atoms in total. The van der Waals surface area contributed by atoms with Gasteiger partial charge in [0, 0.05) is 7.05 Å². The van der Waals surface area contributed by atoms with Crippen LogP contribution in [0.2, 0.25) is 0 Å². The molecule has 4 heteroatoms. The lowest BCUT2D eigenvalue weighted by Crippen LogP contribution is -2.30. The van der Waals surface area contributed by atoms with Crippen LogP contribution in [0.1, 0.15) is 11.1 Å². The Morgan fingerprint density at radius 3 is 2.27 bits per heavy atom. The van der Waals surface area contributed by atoms with Crippen LogP contribution in [0.5, 0.6) is 0 Å². The van der Waals surface area contributed by atoms with E-state index in [1.807, 2.05) is 74.6 Å². The number of benzene rings is 2. The predicted octanol–water partition coefficient (Wildman–Crippen LogP) is 3.60. The van der Waals surface area contributed by atoms with Crippen molar-refractivity contribution in [1.82, 2.24) is 4.90 Å². The first-order valence-corrected chi connectivity index (χ1v) is 7.44. The number of nitrogens with zero attached hydrogens (tertiary/aromatic N) is 2. The number of likely N-dealkylation sites (N-methyl/N-ethyl adjacent to an activating group) is 1. The third kappa shape index (κ3) is 2.53. The molecule has 0 unspecified atom stereocenters. The highest BCUT2D eigenvalue weighted by atomic mass is 32.1. The number of hydrogen-bond acceptors (Lipinski definition) is 2. The van der Waals surface area contributed by atoms with E-state index in [0.717, 1.165) is 11.3 Å². The molecule has 0 aromatic heterocycles. The number of aryl methyl sites for hydroxylation is 1. The maximum absolute atomic E-state index is 12.7. The molecule has 2 aromatic carbocycles. The number of rotatable bonds is 2. The smallest absolute Gasteiger partial charge is 0.281 e. The monoisotopic (exact) mass is 308 g/mol. The summed E-state index contributed by atoms with van der Waals surface area (Å²) in [7, 11) is 1.82. The molecule has 1 aliphatic rings. The minimum Gasteiger partial charge on any atom is -0.317 e. The highest BCUT2D eigenvalue weighted by Gasteiger charge is 2.36.